The third kappa shape index (κ3) is 7.40. The fourth-order valence-electron chi connectivity index (χ4n) is 3.51. The number of hydrogen-bond acceptors (Lipinski definition) is 3. The summed E-state index contributed by atoms with van der Waals surface area (Å²) in [5.74, 6) is 0.838. The van der Waals surface area contributed by atoms with Crippen molar-refractivity contribution in [2.24, 2.45) is 5.92 Å². The highest BCUT2D eigenvalue weighted by molar-refractivity contribution is 5.75. The molecular formula is C20H29F3N2O2. The van der Waals surface area contributed by atoms with Gasteiger partial charge in [0.25, 0.3) is 0 Å². The van der Waals surface area contributed by atoms with Gasteiger partial charge in [0.15, 0.2) is 0 Å². The van der Waals surface area contributed by atoms with E-state index in [0.717, 1.165) is 44.6 Å². The molecule has 1 aromatic carbocycles. The molecule has 0 bridgehead atoms. The number of piperidine rings is 1. The second kappa shape index (κ2) is 9.97. The van der Waals surface area contributed by atoms with Crippen molar-refractivity contribution < 1.29 is 22.7 Å². The molecule has 1 aromatic rings. The average molecular weight is 386 g/mol. The van der Waals surface area contributed by atoms with E-state index in [9.17, 15) is 18.0 Å². The summed E-state index contributed by atoms with van der Waals surface area (Å²) in [6.45, 7) is 3.39. The van der Waals surface area contributed by atoms with Crippen molar-refractivity contribution in [2.45, 2.75) is 38.3 Å². The van der Waals surface area contributed by atoms with Crippen molar-refractivity contribution >= 4 is 5.91 Å². The minimum absolute atomic E-state index is 0.354. The van der Waals surface area contributed by atoms with Gasteiger partial charge in [-0.25, -0.2) is 0 Å². The zero-order valence-corrected chi connectivity index (χ0v) is 16.1. The summed E-state index contributed by atoms with van der Waals surface area (Å²) in [5.41, 5.74) is 1.19. The van der Waals surface area contributed by atoms with Crippen LogP contribution in [-0.4, -0.2) is 62.2 Å². The number of carbonyl (C=O) groups excluding carboxylic acids is 1. The van der Waals surface area contributed by atoms with E-state index < -0.39 is 24.9 Å². The number of methoxy groups -OCH3 is 1. The van der Waals surface area contributed by atoms with Crippen molar-refractivity contribution in [3.8, 4) is 5.75 Å². The monoisotopic (exact) mass is 386 g/mol. The van der Waals surface area contributed by atoms with Crippen LogP contribution in [0.25, 0.3) is 0 Å². The highest BCUT2D eigenvalue weighted by Gasteiger charge is 2.29. The number of para-hydroxylation sites is 1. The summed E-state index contributed by atoms with van der Waals surface area (Å²) in [4.78, 5) is 15.7. The normalized spacial score (nSPS) is 16.3. The lowest BCUT2D eigenvalue weighted by Crippen LogP contribution is -2.40. The van der Waals surface area contributed by atoms with Crippen LogP contribution in [0.4, 0.5) is 13.2 Å². The zero-order valence-electron chi connectivity index (χ0n) is 16.1. The van der Waals surface area contributed by atoms with E-state index in [2.05, 4.69) is 11.0 Å². The number of rotatable bonds is 8. The number of likely N-dealkylation sites (tertiary alicyclic amines) is 1. The molecule has 0 atom stereocenters. The molecule has 1 amide bonds. The molecule has 0 aliphatic carbocycles. The Labute approximate surface area is 159 Å². The van der Waals surface area contributed by atoms with Gasteiger partial charge < -0.3 is 14.5 Å². The molecule has 1 aliphatic heterocycles. The van der Waals surface area contributed by atoms with Crippen LogP contribution in [-0.2, 0) is 11.2 Å². The highest BCUT2D eigenvalue weighted by Crippen LogP contribution is 2.23. The molecule has 0 radical (unpaired) electrons. The van der Waals surface area contributed by atoms with Crippen LogP contribution in [0, 0.1) is 5.92 Å². The lowest BCUT2D eigenvalue weighted by Gasteiger charge is -2.34. The third-order valence-corrected chi connectivity index (χ3v) is 5.18. The number of benzene rings is 1. The van der Waals surface area contributed by atoms with Crippen LogP contribution in [0.3, 0.4) is 0 Å². The van der Waals surface area contributed by atoms with E-state index in [0.29, 0.717) is 12.5 Å². The number of nitrogens with zero attached hydrogens (tertiary/aromatic N) is 2. The Balaban J connectivity index is 1.69. The molecule has 152 valence electrons. The fraction of sp³-hybridized carbons (Fsp3) is 0.650. The molecule has 0 spiro atoms. The van der Waals surface area contributed by atoms with Gasteiger partial charge in [-0.15, -0.1) is 0 Å². The standard InChI is InChI=1S/C20H29F3N2O2/c1-24(19(26)7-11-20(21,22)23)15-16-8-12-25(13-9-16)14-10-17-5-3-4-6-18(17)27-2/h3-6,16H,7-15H2,1-2H3. The molecule has 0 unspecified atom stereocenters. The second-order valence-electron chi connectivity index (χ2n) is 7.24. The molecule has 0 aromatic heterocycles. The topological polar surface area (TPSA) is 32.8 Å². The molecule has 1 saturated heterocycles. The Morgan fingerprint density at radius 2 is 1.93 bits per heavy atom. The van der Waals surface area contributed by atoms with Crippen LogP contribution in [0.15, 0.2) is 24.3 Å². The van der Waals surface area contributed by atoms with Gasteiger partial charge in [-0.05, 0) is 49.9 Å². The van der Waals surface area contributed by atoms with Gasteiger partial charge in [0.2, 0.25) is 5.91 Å². The van der Waals surface area contributed by atoms with E-state index >= 15 is 0 Å². The molecule has 7 heteroatoms. The first-order valence-corrected chi connectivity index (χ1v) is 9.43. The predicted molar refractivity (Wildman–Crippen MR) is 98.8 cm³/mol. The summed E-state index contributed by atoms with van der Waals surface area (Å²) in [5, 5.41) is 0. The number of amides is 1. The second-order valence-corrected chi connectivity index (χ2v) is 7.24. The van der Waals surface area contributed by atoms with Crippen molar-refractivity contribution in [3.63, 3.8) is 0 Å². The van der Waals surface area contributed by atoms with Crippen LogP contribution in [0.5, 0.6) is 5.75 Å². The van der Waals surface area contributed by atoms with Gasteiger partial charge in [0.1, 0.15) is 5.75 Å². The van der Waals surface area contributed by atoms with Crippen molar-refractivity contribution in [1.82, 2.24) is 9.80 Å². The molecule has 1 heterocycles. The maximum atomic E-state index is 12.2. The maximum Gasteiger partial charge on any atom is 0.389 e. The summed E-state index contributed by atoms with van der Waals surface area (Å²) >= 11 is 0. The van der Waals surface area contributed by atoms with Gasteiger partial charge in [-0.2, -0.15) is 13.2 Å². The molecule has 1 aliphatic rings. The first kappa shape index (κ1) is 21.5. The summed E-state index contributed by atoms with van der Waals surface area (Å²) in [7, 11) is 3.28. The summed E-state index contributed by atoms with van der Waals surface area (Å²) in [6, 6.07) is 8.01. The van der Waals surface area contributed by atoms with Gasteiger partial charge in [0.05, 0.1) is 13.5 Å². The number of carbonyl (C=O) groups is 1. The Kier molecular flexibility index (Phi) is 7.95. The number of alkyl halides is 3. The summed E-state index contributed by atoms with van der Waals surface area (Å²) in [6.07, 6.45) is -2.94. The number of ether oxygens (including phenoxy) is 1. The van der Waals surface area contributed by atoms with Crippen LogP contribution in [0.2, 0.25) is 0 Å². The minimum atomic E-state index is -4.27. The smallest absolute Gasteiger partial charge is 0.389 e. The molecule has 0 N–H and O–H groups in total. The van der Waals surface area contributed by atoms with E-state index in [1.54, 1.807) is 14.2 Å². The van der Waals surface area contributed by atoms with Crippen LogP contribution in [0.1, 0.15) is 31.2 Å². The quantitative estimate of drug-likeness (QED) is 0.682. The van der Waals surface area contributed by atoms with E-state index in [1.165, 1.54) is 10.5 Å². The first-order valence-electron chi connectivity index (χ1n) is 9.43. The van der Waals surface area contributed by atoms with Gasteiger partial charge >= 0.3 is 6.18 Å². The molecule has 27 heavy (non-hydrogen) atoms. The molecule has 0 saturated carbocycles. The molecule has 1 fully saturated rings. The van der Waals surface area contributed by atoms with Crippen molar-refractivity contribution in [1.29, 1.82) is 0 Å². The Morgan fingerprint density at radius 1 is 1.26 bits per heavy atom. The van der Waals surface area contributed by atoms with Gasteiger partial charge in [0, 0.05) is 26.6 Å². The third-order valence-electron chi connectivity index (χ3n) is 5.18. The van der Waals surface area contributed by atoms with Crippen molar-refractivity contribution in [2.75, 3.05) is 40.3 Å². The molecular weight excluding hydrogens is 357 g/mol. The number of hydrogen-bond donors (Lipinski definition) is 0. The van der Waals surface area contributed by atoms with Gasteiger partial charge in [-0.1, -0.05) is 18.2 Å². The minimum Gasteiger partial charge on any atom is -0.496 e. The predicted octanol–water partition coefficient (Wildman–Crippen LogP) is 3.75. The Hall–Kier alpha value is -1.76. The van der Waals surface area contributed by atoms with Gasteiger partial charge in [-0.3, -0.25) is 4.79 Å². The Bertz CT molecular complexity index is 599. The summed E-state index contributed by atoms with van der Waals surface area (Å²) < 4.78 is 42.1. The lowest BCUT2D eigenvalue weighted by atomic mass is 9.95. The van der Waals surface area contributed by atoms with Crippen molar-refractivity contribution in [3.05, 3.63) is 29.8 Å². The van der Waals surface area contributed by atoms with Crippen LogP contribution >= 0.6 is 0 Å². The van der Waals surface area contributed by atoms with E-state index in [1.807, 2.05) is 18.2 Å². The first-order chi connectivity index (χ1) is 12.8. The molecule has 2 rings (SSSR count). The lowest BCUT2D eigenvalue weighted by molar-refractivity contribution is -0.148. The van der Waals surface area contributed by atoms with E-state index in [4.69, 9.17) is 4.74 Å². The maximum absolute atomic E-state index is 12.2. The SMILES string of the molecule is COc1ccccc1CCN1CCC(CN(C)C(=O)CCC(F)(F)F)CC1. The Morgan fingerprint density at radius 3 is 2.56 bits per heavy atom. The molecule has 4 nitrogen and oxygen atoms in total. The van der Waals surface area contributed by atoms with Crippen LogP contribution < -0.4 is 4.74 Å². The number of halogens is 3. The van der Waals surface area contributed by atoms with E-state index in [-0.39, 0.29) is 0 Å². The highest BCUT2D eigenvalue weighted by atomic mass is 19.4. The zero-order chi connectivity index (χ0) is 19.9. The largest absolute Gasteiger partial charge is 0.496 e. The fourth-order valence-corrected chi connectivity index (χ4v) is 3.51. The average Bonchev–Trinajstić information content (AvgIpc) is 2.65.